The lowest BCUT2D eigenvalue weighted by molar-refractivity contribution is 0.401. The molecule has 0 fully saturated rings. The number of nitrogens with zero attached hydrogens (tertiary/aromatic N) is 1. The molecule has 0 unspecified atom stereocenters. The van der Waals surface area contributed by atoms with E-state index in [-0.39, 0.29) is 0 Å². The van der Waals surface area contributed by atoms with Gasteiger partial charge < -0.3 is 4.90 Å². The number of rotatable bonds is 4. The third-order valence-corrected chi connectivity index (χ3v) is 4.13. The molecule has 3 heteroatoms. The Labute approximate surface area is 92.9 Å². The van der Waals surface area contributed by atoms with Crippen LogP contribution in [0.1, 0.15) is 16.9 Å². The molecule has 0 aliphatic heterocycles. The molecule has 0 atom stereocenters. The van der Waals surface area contributed by atoms with Gasteiger partial charge in [0.15, 0.2) is 0 Å². The zero-order chi connectivity index (χ0) is 9.84. The van der Waals surface area contributed by atoms with Gasteiger partial charge in [0.05, 0.1) is 3.79 Å². The van der Waals surface area contributed by atoms with E-state index in [1.54, 1.807) is 0 Å². The third-order valence-electron chi connectivity index (χ3n) is 1.94. The van der Waals surface area contributed by atoms with Crippen molar-refractivity contribution in [3.8, 4) is 0 Å². The molecular formula is C10H16BrNS. The monoisotopic (exact) mass is 261 g/mol. The molecule has 1 rings (SSSR count). The largest absolute Gasteiger partial charge is 0.309 e. The Hall–Kier alpha value is 0.140. The Balaban J connectivity index is 2.37. The van der Waals surface area contributed by atoms with Crippen LogP contribution in [0.4, 0.5) is 0 Å². The average molecular weight is 262 g/mol. The van der Waals surface area contributed by atoms with Gasteiger partial charge in [-0.05, 0) is 68.0 Å². The van der Waals surface area contributed by atoms with Crippen LogP contribution in [0.15, 0.2) is 9.85 Å². The smallest absolute Gasteiger partial charge is 0.0730 e. The van der Waals surface area contributed by atoms with E-state index in [1.165, 1.54) is 33.6 Å². The van der Waals surface area contributed by atoms with Crippen molar-refractivity contribution in [3.63, 3.8) is 0 Å². The first-order valence-electron chi connectivity index (χ1n) is 4.49. The van der Waals surface area contributed by atoms with E-state index in [9.17, 15) is 0 Å². The van der Waals surface area contributed by atoms with Crippen molar-refractivity contribution < 1.29 is 0 Å². The number of halogens is 1. The summed E-state index contributed by atoms with van der Waals surface area (Å²) in [5.41, 5.74) is 1.37. The number of aryl methyl sites for hydroxylation is 2. The summed E-state index contributed by atoms with van der Waals surface area (Å²) in [4.78, 5) is 3.72. The highest BCUT2D eigenvalue weighted by atomic mass is 79.9. The molecule has 0 aliphatic carbocycles. The van der Waals surface area contributed by atoms with Crippen molar-refractivity contribution in [2.75, 3.05) is 20.6 Å². The van der Waals surface area contributed by atoms with Crippen molar-refractivity contribution in [3.05, 3.63) is 20.3 Å². The van der Waals surface area contributed by atoms with E-state index < -0.39 is 0 Å². The predicted molar refractivity (Wildman–Crippen MR) is 63.6 cm³/mol. The van der Waals surface area contributed by atoms with Crippen LogP contribution in [0.5, 0.6) is 0 Å². The Morgan fingerprint density at radius 3 is 2.62 bits per heavy atom. The van der Waals surface area contributed by atoms with Crippen molar-refractivity contribution in [1.82, 2.24) is 4.90 Å². The molecule has 1 aromatic rings. The van der Waals surface area contributed by atoms with Crippen LogP contribution >= 0.6 is 27.3 Å². The first-order chi connectivity index (χ1) is 6.09. The summed E-state index contributed by atoms with van der Waals surface area (Å²) in [6.07, 6.45) is 2.45. The third kappa shape index (κ3) is 3.79. The molecule has 0 amide bonds. The Morgan fingerprint density at radius 1 is 1.46 bits per heavy atom. The van der Waals surface area contributed by atoms with E-state index in [1.807, 2.05) is 11.3 Å². The molecule has 1 heterocycles. The molecular weight excluding hydrogens is 246 g/mol. The van der Waals surface area contributed by atoms with Crippen molar-refractivity contribution in [2.24, 2.45) is 0 Å². The van der Waals surface area contributed by atoms with Crippen LogP contribution in [-0.2, 0) is 6.42 Å². The second-order valence-electron chi connectivity index (χ2n) is 3.58. The lowest BCUT2D eigenvalue weighted by Gasteiger charge is -2.07. The minimum absolute atomic E-state index is 1.18. The first-order valence-corrected chi connectivity index (χ1v) is 6.10. The number of thiophene rings is 1. The molecule has 0 spiro atoms. The average Bonchev–Trinajstić information content (AvgIpc) is 2.30. The highest BCUT2D eigenvalue weighted by Gasteiger charge is 2.02. The second kappa shape index (κ2) is 5.13. The SMILES string of the molecule is Cc1cc(CCCN(C)C)sc1Br. The molecule has 0 aromatic carbocycles. The molecule has 1 aromatic heterocycles. The van der Waals surface area contributed by atoms with Gasteiger partial charge in [-0.15, -0.1) is 11.3 Å². The zero-order valence-electron chi connectivity index (χ0n) is 8.43. The molecule has 13 heavy (non-hydrogen) atoms. The van der Waals surface area contributed by atoms with E-state index in [0.29, 0.717) is 0 Å². The maximum Gasteiger partial charge on any atom is 0.0730 e. The van der Waals surface area contributed by atoms with Crippen molar-refractivity contribution in [2.45, 2.75) is 19.8 Å². The van der Waals surface area contributed by atoms with E-state index in [4.69, 9.17) is 0 Å². The van der Waals surface area contributed by atoms with Crippen molar-refractivity contribution >= 4 is 27.3 Å². The fraction of sp³-hybridized carbons (Fsp3) is 0.600. The molecule has 0 saturated carbocycles. The van der Waals surface area contributed by atoms with E-state index in [2.05, 4.69) is 47.9 Å². The quantitative estimate of drug-likeness (QED) is 0.804. The summed E-state index contributed by atoms with van der Waals surface area (Å²) in [6.45, 7) is 3.32. The normalized spacial score (nSPS) is 11.2. The van der Waals surface area contributed by atoms with Crippen LogP contribution in [0.2, 0.25) is 0 Å². The maximum atomic E-state index is 3.54. The summed E-state index contributed by atoms with van der Waals surface area (Å²) in [5, 5.41) is 0. The second-order valence-corrected chi connectivity index (χ2v) is 6.03. The van der Waals surface area contributed by atoms with Gasteiger partial charge in [-0.3, -0.25) is 0 Å². The van der Waals surface area contributed by atoms with Gasteiger partial charge >= 0.3 is 0 Å². The van der Waals surface area contributed by atoms with Crippen LogP contribution in [0.3, 0.4) is 0 Å². The maximum absolute atomic E-state index is 3.54. The molecule has 0 radical (unpaired) electrons. The van der Waals surface area contributed by atoms with Gasteiger partial charge in [0, 0.05) is 4.88 Å². The fourth-order valence-corrected chi connectivity index (χ4v) is 2.89. The minimum atomic E-state index is 1.18. The minimum Gasteiger partial charge on any atom is -0.309 e. The fourth-order valence-electron chi connectivity index (χ4n) is 1.22. The molecule has 0 aliphatic rings. The van der Waals surface area contributed by atoms with Gasteiger partial charge in [0.1, 0.15) is 0 Å². The lowest BCUT2D eigenvalue weighted by atomic mass is 10.2. The predicted octanol–water partition coefficient (Wildman–Crippen LogP) is 3.31. The molecule has 0 bridgehead atoms. The molecule has 0 N–H and O–H groups in total. The van der Waals surface area contributed by atoms with E-state index >= 15 is 0 Å². The standard InChI is InChI=1S/C10H16BrNS/c1-8-7-9(13-10(8)11)5-4-6-12(2)3/h7H,4-6H2,1-3H3. The topological polar surface area (TPSA) is 3.24 Å². The van der Waals surface area contributed by atoms with Gasteiger partial charge in [0.25, 0.3) is 0 Å². The van der Waals surface area contributed by atoms with Gasteiger partial charge in [0.2, 0.25) is 0 Å². The van der Waals surface area contributed by atoms with Gasteiger partial charge in [-0.1, -0.05) is 0 Å². The molecule has 1 nitrogen and oxygen atoms in total. The van der Waals surface area contributed by atoms with Gasteiger partial charge in [-0.2, -0.15) is 0 Å². The summed E-state index contributed by atoms with van der Waals surface area (Å²) >= 11 is 5.41. The Kier molecular flexibility index (Phi) is 4.42. The summed E-state index contributed by atoms with van der Waals surface area (Å²) in [7, 11) is 4.24. The summed E-state index contributed by atoms with van der Waals surface area (Å²) in [6, 6.07) is 2.28. The van der Waals surface area contributed by atoms with Crippen LogP contribution in [-0.4, -0.2) is 25.5 Å². The molecule has 74 valence electrons. The first kappa shape index (κ1) is 11.2. The Morgan fingerprint density at radius 2 is 2.15 bits per heavy atom. The number of hydrogen-bond acceptors (Lipinski definition) is 2. The number of hydrogen-bond donors (Lipinski definition) is 0. The van der Waals surface area contributed by atoms with Crippen LogP contribution < -0.4 is 0 Å². The highest BCUT2D eigenvalue weighted by Crippen LogP contribution is 2.27. The Bertz CT molecular complexity index is 248. The lowest BCUT2D eigenvalue weighted by Crippen LogP contribution is -2.13. The zero-order valence-corrected chi connectivity index (χ0v) is 10.8. The highest BCUT2D eigenvalue weighted by molar-refractivity contribution is 9.11. The summed E-state index contributed by atoms with van der Waals surface area (Å²) in [5.74, 6) is 0. The van der Waals surface area contributed by atoms with Gasteiger partial charge in [-0.25, -0.2) is 0 Å². The van der Waals surface area contributed by atoms with Crippen LogP contribution in [0.25, 0.3) is 0 Å². The summed E-state index contributed by atoms with van der Waals surface area (Å²) < 4.78 is 1.28. The van der Waals surface area contributed by atoms with Crippen LogP contribution in [0, 0.1) is 6.92 Å². The van der Waals surface area contributed by atoms with Crippen molar-refractivity contribution in [1.29, 1.82) is 0 Å². The van der Waals surface area contributed by atoms with E-state index in [0.717, 1.165) is 0 Å². The molecule has 0 saturated heterocycles.